The van der Waals surface area contributed by atoms with E-state index in [2.05, 4.69) is 64.1 Å². The number of ether oxygens (including phenoxy) is 1. The molecule has 5 atom stereocenters. The van der Waals surface area contributed by atoms with E-state index in [-0.39, 0.29) is 24.5 Å². The summed E-state index contributed by atoms with van der Waals surface area (Å²) < 4.78 is 5.98. The smallest absolute Gasteiger partial charge is 0.306 e. The molecule has 1 unspecified atom stereocenters. The topological polar surface area (TPSA) is 102 Å². The zero-order valence-electron chi connectivity index (χ0n) is 21.7. The normalized spacial score (nSPS) is 30.3. The van der Waals surface area contributed by atoms with Crippen molar-refractivity contribution >= 4 is 23.4 Å². The van der Waals surface area contributed by atoms with Gasteiger partial charge in [0.2, 0.25) is 0 Å². The van der Waals surface area contributed by atoms with Gasteiger partial charge in [-0.2, -0.15) is 0 Å². The highest BCUT2D eigenvalue weighted by molar-refractivity contribution is 7.09. The van der Waals surface area contributed by atoms with E-state index in [0.29, 0.717) is 18.3 Å². The van der Waals surface area contributed by atoms with Crippen molar-refractivity contribution in [1.82, 2.24) is 4.98 Å². The van der Waals surface area contributed by atoms with Crippen LogP contribution >= 0.6 is 11.3 Å². The van der Waals surface area contributed by atoms with Gasteiger partial charge in [0.25, 0.3) is 0 Å². The van der Waals surface area contributed by atoms with Crippen LogP contribution in [-0.4, -0.2) is 28.0 Å². The summed E-state index contributed by atoms with van der Waals surface area (Å²) >= 11 is 1.65. The van der Waals surface area contributed by atoms with Crippen molar-refractivity contribution in [3.8, 4) is 0 Å². The molecular formula is C27H49NO4S. The molecule has 6 heteroatoms. The lowest BCUT2D eigenvalue weighted by molar-refractivity contribution is -0.147. The molecule has 0 fully saturated rings. The second-order valence-electron chi connectivity index (χ2n) is 10.0. The van der Waals surface area contributed by atoms with Crippen molar-refractivity contribution in [3.05, 3.63) is 33.3 Å². The third-order valence-corrected chi connectivity index (χ3v) is 7.91. The molecule has 0 saturated heterocycles. The number of carbonyl (C=O) groups excluding carboxylic acids is 1. The highest BCUT2D eigenvalue weighted by atomic mass is 32.1. The summed E-state index contributed by atoms with van der Waals surface area (Å²) in [4.78, 5) is 17.2. The average Bonchev–Trinajstić information content (AvgIpc) is 3.12. The zero-order chi connectivity index (χ0) is 23.0. The molecule has 0 amide bonds. The van der Waals surface area contributed by atoms with Crippen LogP contribution in [0.2, 0.25) is 0 Å². The number of nitrogens with zero attached hydrogens (tertiary/aromatic N) is 1. The minimum Gasteiger partial charge on any atom is -0.457 e. The van der Waals surface area contributed by atoms with E-state index in [9.17, 15) is 4.79 Å². The molecule has 4 N–H and O–H groups in total. The van der Waals surface area contributed by atoms with Crippen molar-refractivity contribution in [2.24, 2.45) is 23.7 Å². The summed E-state index contributed by atoms with van der Waals surface area (Å²) in [5.74, 6) is 2.61. The summed E-state index contributed by atoms with van der Waals surface area (Å²) in [6.07, 6.45) is 11.1. The Morgan fingerprint density at radius 2 is 1.82 bits per heavy atom. The van der Waals surface area contributed by atoms with Gasteiger partial charge >= 0.3 is 5.97 Å². The summed E-state index contributed by atoms with van der Waals surface area (Å²) in [6.45, 7) is 15.8. The van der Waals surface area contributed by atoms with Gasteiger partial charge in [0.05, 0.1) is 10.7 Å². The molecule has 1 aromatic heterocycles. The second-order valence-corrected chi connectivity index (χ2v) is 11.1. The van der Waals surface area contributed by atoms with Crippen LogP contribution in [-0.2, 0) is 9.53 Å². The molecule has 0 spiro atoms. The van der Waals surface area contributed by atoms with Gasteiger partial charge in [-0.3, -0.25) is 4.79 Å². The molecule has 33 heavy (non-hydrogen) atoms. The number of cyclic esters (lactones) is 1. The number of aryl methyl sites for hydroxylation is 1. The number of aromatic nitrogens is 1. The van der Waals surface area contributed by atoms with Crippen molar-refractivity contribution < 1.29 is 21.9 Å². The maximum Gasteiger partial charge on any atom is 0.306 e. The number of hydrogen-bond donors (Lipinski definition) is 0. The molecule has 0 saturated carbocycles. The maximum atomic E-state index is 12.7. The molecule has 0 aromatic carbocycles. The number of carbonyl (C=O) groups is 1. The number of thiazole rings is 1. The summed E-state index contributed by atoms with van der Waals surface area (Å²) in [5, 5.41) is 3.11. The molecule has 192 valence electrons. The molecule has 2 rings (SSSR count). The fourth-order valence-electron chi connectivity index (χ4n) is 4.59. The molecule has 0 bridgehead atoms. The van der Waals surface area contributed by atoms with Crippen LogP contribution in [0.3, 0.4) is 0 Å². The SMILES string of the molecule is C/C1=C/CC(/C(C)=C/c2csc(C)n2)OC(=O)CC[C@@H](C)C[C@H](C)[C@@H](C)[C@@H](C)CCC1.O.O.[HH]. The maximum absolute atomic E-state index is 12.7. The lowest BCUT2D eigenvalue weighted by atomic mass is 9.78. The van der Waals surface area contributed by atoms with E-state index in [1.54, 1.807) is 11.3 Å². The van der Waals surface area contributed by atoms with E-state index in [1.807, 2.05) is 6.92 Å². The van der Waals surface area contributed by atoms with E-state index in [1.165, 1.54) is 24.8 Å². The number of allylic oxidation sites excluding steroid dienone is 1. The highest BCUT2D eigenvalue weighted by Gasteiger charge is 2.22. The lowest BCUT2D eigenvalue weighted by Gasteiger charge is -2.28. The van der Waals surface area contributed by atoms with Crippen molar-refractivity contribution in [3.63, 3.8) is 0 Å². The Kier molecular flexibility index (Phi) is 14.7. The summed E-state index contributed by atoms with van der Waals surface area (Å²) in [6, 6.07) is 0. The van der Waals surface area contributed by atoms with Crippen molar-refractivity contribution in [2.75, 3.05) is 0 Å². The zero-order valence-corrected chi connectivity index (χ0v) is 22.6. The van der Waals surface area contributed by atoms with Crippen LogP contribution in [0.4, 0.5) is 0 Å². The van der Waals surface area contributed by atoms with Gasteiger partial charge in [-0.1, -0.05) is 45.8 Å². The van der Waals surface area contributed by atoms with Gasteiger partial charge in [-0.15, -0.1) is 11.3 Å². The Morgan fingerprint density at radius 1 is 1.12 bits per heavy atom. The van der Waals surface area contributed by atoms with Crippen LogP contribution in [0.15, 0.2) is 22.6 Å². The lowest BCUT2D eigenvalue weighted by Crippen LogP contribution is -2.21. The molecule has 1 aliphatic rings. The van der Waals surface area contributed by atoms with Crippen LogP contribution < -0.4 is 0 Å². The van der Waals surface area contributed by atoms with Gasteiger partial charge in [0.1, 0.15) is 6.10 Å². The van der Waals surface area contributed by atoms with Crippen molar-refractivity contribution in [1.29, 1.82) is 0 Å². The molecule has 0 radical (unpaired) electrons. The minimum absolute atomic E-state index is 0. The van der Waals surface area contributed by atoms with Gasteiger partial charge in [0.15, 0.2) is 0 Å². The first-order valence-corrected chi connectivity index (χ1v) is 13.0. The van der Waals surface area contributed by atoms with Gasteiger partial charge in [-0.25, -0.2) is 4.98 Å². The third kappa shape index (κ3) is 11.0. The number of esters is 1. The van der Waals surface area contributed by atoms with Gasteiger partial charge in [0, 0.05) is 19.6 Å². The van der Waals surface area contributed by atoms with Gasteiger partial charge < -0.3 is 15.7 Å². The Balaban J connectivity index is 0. The van der Waals surface area contributed by atoms with Crippen LogP contribution in [0, 0.1) is 30.6 Å². The standard InChI is InChI=1S/C27H43NO2S.2H2O.H2/c1-18-9-8-10-20(3)23(6)21(4)15-19(2)12-14-27(29)30-26(13-11-18)22(5)16-25-17-31-24(7)28-25;;;/h11,16-17,19-21,23,26H,8-10,12-15H2,1-7H3;2*1H2;1H/b18-11-,22-16+;;;/t19-,20+,21+,23+,26?;;;/m1.../s1. The predicted octanol–water partition coefficient (Wildman–Crippen LogP) is 6.60. The second kappa shape index (κ2) is 15.4. The molecular weight excluding hydrogens is 434 g/mol. The first kappa shape index (κ1) is 31.5. The monoisotopic (exact) mass is 483 g/mol. The summed E-state index contributed by atoms with van der Waals surface area (Å²) in [5.41, 5.74) is 3.41. The van der Waals surface area contributed by atoms with E-state index < -0.39 is 0 Å². The minimum atomic E-state index is -0.217. The number of rotatable bonds is 2. The average molecular weight is 484 g/mol. The predicted molar refractivity (Wildman–Crippen MR) is 142 cm³/mol. The fourth-order valence-corrected chi connectivity index (χ4v) is 5.16. The molecule has 0 aliphatic carbocycles. The fraction of sp³-hybridized carbons (Fsp3) is 0.704. The largest absolute Gasteiger partial charge is 0.457 e. The quantitative estimate of drug-likeness (QED) is 0.350. The molecule has 2 heterocycles. The Morgan fingerprint density at radius 3 is 2.45 bits per heavy atom. The van der Waals surface area contributed by atoms with E-state index in [4.69, 9.17) is 4.74 Å². The van der Waals surface area contributed by atoms with E-state index in [0.717, 1.165) is 47.4 Å². The molecule has 1 aromatic rings. The molecule has 5 nitrogen and oxygen atoms in total. The molecule has 1 aliphatic heterocycles. The summed E-state index contributed by atoms with van der Waals surface area (Å²) in [7, 11) is 0. The van der Waals surface area contributed by atoms with Crippen LogP contribution in [0.5, 0.6) is 0 Å². The van der Waals surface area contributed by atoms with Crippen molar-refractivity contribution in [2.45, 2.75) is 99.5 Å². The number of hydrogen-bond acceptors (Lipinski definition) is 4. The third-order valence-electron chi connectivity index (χ3n) is 7.12. The Hall–Kier alpha value is -1.50. The van der Waals surface area contributed by atoms with Crippen LogP contribution in [0.25, 0.3) is 6.08 Å². The first-order chi connectivity index (χ1) is 14.7. The Bertz CT molecular complexity index is 776. The van der Waals surface area contributed by atoms with Gasteiger partial charge in [-0.05, 0) is 81.8 Å². The highest BCUT2D eigenvalue weighted by Crippen LogP contribution is 2.31. The van der Waals surface area contributed by atoms with E-state index >= 15 is 0 Å². The first-order valence-electron chi connectivity index (χ1n) is 12.1. The van der Waals surface area contributed by atoms with Crippen LogP contribution in [0.1, 0.15) is 98.6 Å². The Labute approximate surface area is 206 Å².